The van der Waals surface area contributed by atoms with Gasteiger partial charge >= 0.3 is 5.97 Å². The van der Waals surface area contributed by atoms with E-state index in [1.165, 1.54) is 11.3 Å². The molecule has 1 unspecified atom stereocenters. The molecule has 1 aliphatic heterocycles. The average Bonchev–Trinajstić information content (AvgIpc) is 3.08. The Balaban J connectivity index is 1.92. The molecular weight excluding hydrogens is 539 g/mol. The van der Waals surface area contributed by atoms with Gasteiger partial charge in [-0.1, -0.05) is 47.7 Å². The lowest BCUT2D eigenvalue weighted by atomic mass is 9.96. The molecule has 8 heteroatoms. The molecule has 2 aromatic carbocycles. The third kappa shape index (κ3) is 4.16. The van der Waals surface area contributed by atoms with E-state index in [9.17, 15) is 9.59 Å². The van der Waals surface area contributed by atoms with Gasteiger partial charge < -0.3 is 9.47 Å². The van der Waals surface area contributed by atoms with Crippen molar-refractivity contribution in [3.63, 3.8) is 0 Å². The summed E-state index contributed by atoms with van der Waals surface area (Å²) in [6.45, 7) is 3.79. The minimum absolute atomic E-state index is 0.192. The number of carbonyl (C=O) groups excluding carboxylic acids is 1. The highest BCUT2D eigenvalue weighted by Crippen LogP contribution is 2.30. The van der Waals surface area contributed by atoms with E-state index in [1.54, 1.807) is 25.5 Å². The Morgan fingerprint density at radius 2 is 2.00 bits per heavy atom. The molecule has 0 saturated carbocycles. The number of esters is 1. The van der Waals surface area contributed by atoms with Crippen LogP contribution in [-0.4, -0.2) is 24.3 Å². The second-order valence-electron chi connectivity index (χ2n) is 7.11. The Bertz CT molecular complexity index is 1390. The van der Waals surface area contributed by atoms with Gasteiger partial charge in [-0.05, 0) is 65.8 Å². The molecule has 6 nitrogen and oxygen atoms in total. The summed E-state index contributed by atoms with van der Waals surface area (Å²) in [5.41, 5.74) is 2.47. The van der Waals surface area contributed by atoms with Gasteiger partial charge in [0.25, 0.3) is 5.56 Å². The lowest BCUT2D eigenvalue weighted by Gasteiger charge is -2.24. The zero-order valence-electron chi connectivity index (χ0n) is 17.8. The van der Waals surface area contributed by atoms with Gasteiger partial charge in [0.15, 0.2) is 4.80 Å². The minimum Gasteiger partial charge on any atom is -0.496 e. The molecule has 0 saturated heterocycles. The number of nitrogens with zero attached hydrogens (tertiary/aromatic N) is 2. The fourth-order valence-corrected chi connectivity index (χ4v) is 5.47. The maximum atomic E-state index is 13.5. The van der Waals surface area contributed by atoms with Crippen molar-refractivity contribution in [1.82, 2.24) is 4.57 Å². The Morgan fingerprint density at radius 3 is 2.66 bits per heavy atom. The fraction of sp³-hybridized carbons (Fsp3) is 0.208. The molecule has 0 fully saturated rings. The number of hydrogen-bond donors (Lipinski definition) is 0. The van der Waals surface area contributed by atoms with Crippen molar-refractivity contribution >= 4 is 46.0 Å². The summed E-state index contributed by atoms with van der Waals surface area (Å²) in [7, 11) is 1.63. The largest absolute Gasteiger partial charge is 0.496 e. The number of methoxy groups -OCH3 is 1. The summed E-state index contributed by atoms with van der Waals surface area (Å²) in [5.74, 6) is 0.324. The van der Waals surface area contributed by atoms with Crippen molar-refractivity contribution in [1.29, 1.82) is 0 Å². The van der Waals surface area contributed by atoms with Crippen LogP contribution in [0.25, 0.3) is 6.08 Å². The third-order valence-corrected chi connectivity index (χ3v) is 6.93. The number of thiazole rings is 1. The van der Waals surface area contributed by atoms with E-state index in [0.717, 1.165) is 20.4 Å². The van der Waals surface area contributed by atoms with Crippen LogP contribution in [0.15, 0.2) is 69.6 Å². The van der Waals surface area contributed by atoms with Gasteiger partial charge in [0.05, 0.1) is 39.1 Å². The Labute approximate surface area is 202 Å². The van der Waals surface area contributed by atoms with Crippen molar-refractivity contribution in [3.8, 4) is 5.75 Å². The number of aromatic nitrogens is 1. The van der Waals surface area contributed by atoms with Crippen molar-refractivity contribution in [2.45, 2.75) is 19.9 Å². The van der Waals surface area contributed by atoms with Crippen LogP contribution in [0.3, 0.4) is 0 Å². The van der Waals surface area contributed by atoms with Crippen molar-refractivity contribution in [2.75, 3.05) is 13.7 Å². The molecule has 0 bridgehead atoms. The van der Waals surface area contributed by atoms with Crippen molar-refractivity contribution < 1.29 is 14.3 Å². The summed E-state index contributed by atoms with van der Waals surface area (Å²) in [5, 5.41) is 0. The summed E-state index contributed by atoms with van der Waals surface area (Å²) >= 11 is 3.51. The molecule has 32 heavy (non-hydrogen) atoms. The molecule has 0 spiro atoms. The molecule has 0 aliphatic carbocycles. The average molecular weight is 560 g/mol. The quantitative estimate of drug-likeness (QED) is 0.355. The maximum absolute atomic E-state index is 13.5. The van der Waals surface area contributed by atoms with Gasteiger partial charge in [0, 0.05) is 0 Å². The molecule has 1 aromatic heterocycles. The number of allylic oxidation sites excluding steroid dienone is 1. The van der Waals surface area contributed by atoms with E-state index >= 15 is 0 Å². The van der Waals surface area contributed by atoms with Crippen LogP contribution in [0, 0.1) is 3.57 Å². The molecule has 0 amide bonds. The molecule has 1 aliphatic rings. The number of fused-ring (bicyclic) bond motifs is 1. The number of ether oxygens (including phenoxy) is 2. The van der Waals surface area contributed by atoms with Crippen LogP contribution in [0.2, 0.25) is 0 Å². The Hall–Kier alpha value is -2.72. The molecular formula is C24H21IN2O4S. The van der Waals surface area contributed by atoms with Gasteiger partial charge in [-0.15, -0.1) is 0 Å². The lowest BCUT2D eigenvalue weighted by molar-refractivity contribution is -0.139. The molecule has 0 N–H and O–H groups in total. The highest BCUT2D eigenvalue weighted by Gasteiger charge is 2.33. The molecule has 4 rings (SSSR count). The number of halogens is 1. The molecule has 3 aromatic rings. The van der Waals surface area contributed by atoms with Crippen LogP contribution >= 0.6 is 33.9 Å². The Morgan fingerprint density at radius 1 is 1.25 bits per heavy atom. The second-order valence-corrected chi connectivity index (χ2v) is 9.28. The van der Waals surface area contributed by atoms with E-state index in [4.69, 9.17) is 9.47 Å². The fourth-order valence-electron chi connectivity index (χ4n) is 3.67. The van der Waals surface area contributed by atoms with Gasteiger partial charge in [0.1, 0.15) is 5.75 Å². The van der Waals surface area contributed by atoms with Gasteiger partial charge in [0.2, 0.25) is 0 Å². The number of benzene rings is 2. The van der Waals surface area contributed by atoms with Crippen LogP contribution in [0.4, 0.5) is 0 Å². The zero-order valence-corrected chi connectivity index (χ0v) is 20.8. The van der Waals surface area contributed by atoms with Gasteiger partial charge in [-0.3, -0.25) is 9.36 Å². The smallest absolute Gasteiger partial charge is 0.338 e. The zero-order chi connectivity index (χ0) is 22.8. The predicted octanol–water partition coefficient (Wildman–Crippen LogP) is 3.41. The van der Waals surface area contributed by atoms with Crippen LogP contribution in [0.1, 0.15) is 31.0 Å². The van der Waals surface area contributed by atoms with Crippen molar-refractivity contribution in [2.24, 2.45) is 4.99 Å². The first kappa shape index (κ1) is 22.5. The summed E-state index contributed by atoms with van der Waals surface area (Å²) in [4.78, 5) is 31.5. The van der Waals surface area contributed by atoms with E-state index in [0.29, 0.717) is 20.6 Å². The highest BCUT2D eigenvalue weighted by atomic mass is 127. The minimum atomic E-state index is -0.593. The molecule has 0 radical (unpaired) electrons. The summed E-state index contributed by atoms with van der Waals surface area (Å²) in [6.07, 6.45) is 1.84. The van der Waals surface area contributed by atoms with Crippen LogP contribution in [-0.2, 0) is 9.53 Å². The van der Waals surface area contributed by atoms with Gasteiger partial charge in [-0.2, -0.15) is 0 Å². The first-order valence-electron chi connectivity index (χ1n) is 10.0. The third-order valence-electron chi connectivity index (χ3n) is 5.11. The Kier molecular flexibility index (Phi) is 6.61. The standard InChI is InChI=1S/C24H21IN2O4S/c1-4-31-23(29)20-14(2)26-24-27(21(20)16-8-6-5-7-9-16)22(28)19(32-24)13-15-10-11-18(30-3)17(25)12-15/h5-13,21H,4H2,1-3H3/b19-13+. The highest BCUT2D eigenvalue weighted by molar-refractivity contribution is 14.1. The predicted molar refractivity (Wildman–Crippen MR) is 133 cm³/mol. The first-order valence-corrected chi connectivity index (χ1v) is 11.9. The van der Waals surface area contributed by atoms with Crippen LogP contribution in [0.5, 0.6) is 5.75 Å². The summed E-state index contributed by atoms with van der Waals surface area (Å²) in [6, 6.07) is 14.6. The molecule has 164 valence electrons. The molecule has 1 atom stereocenters. The van der Waals surface area contributed by atoms with E-state index in [2.05, 4.69) is 27.6 Å². The van der Waals surface area contributed by atoms with E-state index in [1.807, 2.05) is 54.6 Å². The number of hydrogen-bond acceptors (Lipinski definition) is 6. The number of carbonyl (C=O) groups is 1. The van der Waals surface area contributed by atoms with E-state index in [-0.39, 0.29) is 12.2 Å². The SMILES string of the molecule is CCOC(=O)C1=C(C)N=c2s/c(=C/c3ccc(OC)c(I)c3)c(=O)n2C1c1ccccc1. The second kappa shape index (κ2) is 9.41. The van der Waals surface area contributed by atoms with E-state index < -0.39 is 12.0 Å². The van der Waals surface area contributed by atoms with Crippen molar-refractivity contribution in [3.05, 3.63) is 94.2 Å². The normalized spacial score (nSPS) is 15.9. The van der Waals surface area contributed by atoms with Crippen LogP contribution < -0.4 is 19.6 Å². The topological polar surface area (TPSA) is 69.9 Å². The lowest BCUT2D eigenvalue weighted by Crippen LogP contribution is -2.39. The van der Waals surface area contributed by atoms with Gasteiger partial charge in [-0.25, -0.2) is 9.79 Å². The summed E-state index contributed by atoms with van der Waals surface area (Å²) < 4.78 is 13.7. The monoisotopic (exact) mass is 560 g/mol. The first-order chi connectivity index (χ1) is 15.4. The maximum Gasteiger partial charge on any atom is 0.338 e. The molecule has 2 heterocycles. The number of rotatable bonds is 5.